The second kappa shape index (κ2) is 9.02. The molecule has 7 nitrogen and oxygen atoms in total. The Kier molecular flexibility index (Phi) is 5.82. The number of aromatic nitrogens is 2. The van der Waals surface area contributed by atoms with E-state index in [1.165, 1.54) is 6.07 Å². The molecule has 1 aliphatic carbocycles. The number of hydrogen-bond donors (Lipinski definition) is 2. The molecule has 1 aromatic heterocycles. The first-order valence-corrected chi connectivity index (χ1v) is 14.1. The maximum atomic E-state index is 16.0. The van der Waals surface area contributed by atoms with E-state index in [0.29, 0.717) is 40.7 Å². The fraction of sp³-hybridized carbons (Fsp3) is 0.323. The monoisotopic (exact) mass is 592 g/mol. The zero-order chi connectivity index (χ0) is 27.5. The van der Waals surface area contributed by atoms with Crippen LogP contribution in [0, 0.1) is 11.7 Å². The Labute approximate surface area is 245 Å². The van der Waals surface area contributed by atoms with E-state index in [1.807, 2.05) is 10.7 Å². The summed E-state index contributed by atoms with van der Waals surface area (Å²) in [5.41, 5.74) is 2.23. The minimum atomic E-state index is -1.20. The van der Waals surface area contributed by atoms with Crippen molar-refractivity contribution >= 4 is 51.7 Å². The normalized spacial score (nSPS) is 26.1. The van der Waals surface area contributed by atoms with Crippen molar-refractivity contribution in [2.24, 2.45) is 5.92 Å². The molecule has 4 heterocycles. The third-order valence-corrected chi connectivity index (χ3v) is 9.75. The molecule has 0 unspecified atom stereocenters. The Morgan fingerprint density at radius 1 is 1.15 bits per heavy atom. The van der Waals surface area contributed by atoms with Gasteiger partial charge in [-0.3, -0.25) is 14.4 Å². The van der Waals surface area contributed by atoms with E-state index < -0.39 is 29.3 Å². The highest BCUT2D eigenvalue weighted by Crippen LogP contribution is 2.64. The van der Waals surface area contributed by atoms with Crippen molar-refractivity contribution in [1.29, 1.82) is 0 Å². The third kappa shape index (κ3) is 3.50. The molecule has 4 aromatic rings. The molecule has 8 rings (SSSR count). The van der Waals surface area contributed by atoms with Gasteiger partial charge in [0.15, 0.2) is 0 Å². The van der Waals surface area contributed by atoms with Crippen molar-refractivity contribution < 1.29 is 19.1 Å². The minimum Gasteiger partial charge on any atom is -0.478 e. The Morgan fingerprint density at radius 2 is 1.95 bits per heavy atom. The summed E-state index contributed by atoms with van der Waals surface area (Å²) in [6.45, 7) is 0.696. The summed E-state index contributed by atoms with van der Waals surface area (Å²) >= 11 is 12.7. The van der Waals surface area contributed by atoms with Crippen LogP contribution in [0.2, 0.25) is 10.0 Å². The van der Waals surface area contributed by atoms with E-state index in [0.717, 1.165) is 29.5 Å². The molecular formula is C31H27Cl2FN4O3. The SMILES string of the molecule is C.O=C(O)c1ccc2c3n(nc2c1)[C@@H]1[C@H](C3)N(CC2CC2)[C@@]2(C(=O)Nc3cc(Cl)ccc32)[C@H]1c1cccc(Cl)c1F. The van der Waals surface area contributed by atoms with Crippen LogP contribution >= 0.6 is 23.2 Å². The van der Waals surface area contributed by atoms with Gasteiger partial charge in [-0.2, -0.15) is 5.10 Å². The molecule has 2 N–H and O–H groups in total. The number of rotatable bonds is 4. The van der Waals surface area contributed by atoms with Crippen LogP contribution in [-0.2, 0) is 16.8 Å². The Bertz CT molecular complexity index is 1790. The molecule has 41 heavy (non-hydrogen) atoms. The number of aromatic carboxylic acids is 1. The quantitative estimate of drug-likeness (QED) is 0.277. The zero-order valence-electron chi connectivity index (χ0n) is 21.1. The van der Waals surface area contributed by atoms with Crippen LogP contribution < -0.4 is 5.32 Å². The number of anilines is 1. The smallest absolute Gasteiger partial charge is 0.335 e. The zero-order valence-corrected chi connectivity index (χ0v) is 22.6. The van der Waals surface area contributed by atoms with Crippen molar-refractivity contribution in [3.63, 3.8) is 0 Å². The number of halogens is 3. The molecule has 1 spiro atoms. The van der Waals surface area contributed by atoms with E-state index in [4.69, 9.17) is 28.3 Å². The second-order valence-corrected chi connectivity index (χ2v) is 12.2. The molecule has 1 saturated heterocycles. The maximum absolute atomic E-state index is 16.0. The van der Waals surface area contributed by atoms with Gasteiger partial charge in [-0.25, -0.2) is 9.18 Å². The van der Waals surface area contributed by atoms with Crippen molar-refractivity contribution in [3.8, 4) is 0 Å². The molecule has 210 valence electrons. The highest BCUT2D eigenvalue weighted by molar-refractivity contribution is 6.31. The lowest BCUT2D eigenvalue weighted by Gasteiger charge is -2.40. The van der Waals surface area contributed by atoms with Crippen molar-refractivity contribution in [2.45, 2.75) is 50.2 Å². The van der Waals surface area contributed by atoms with Crippen LogP contribution in [0.5, 0.6) is 0 Å². The fourth-order valence-electron chi connectivity index (χ4n) is 7.48. The van der Waals surface area contributed by atoms with Gasteiger partial charge in [0.1, 0.15) is 11.4 Å². The lowest BCUT2D eigenvalue weighted by atomic mass is 9.73. The van der Waals surface area contributed by atoms with E-state index in [2.05, 4.69) is 10.2 Å². The van der Waals surface area contributed by atoms with E-state index in [9.17, 15) is 14.7 Å². The van der Waals surface area contributed by atoms with Crippen LogP contribution in [0.4, 0.5) is 10.1 Å². The van der Waals surface area contributed by atoms with Crippen LogP contribution in [0.15, 0.2) is 54.6 Å². The number of fused-ring (bicyclic) bond motifs is 7. The number of nitrogens with one attached hydrogen (secondary N) is 1. The topological polar surface area (TPSA) is 87.5 Å². The van der Waals surface area contributed by atoms with E-state index in [-0.39, 0.29) is 30.0 Å². The summed E-state index contributed by atoms with van der Waals surface area (Å²) in [4.78, 5) is 28.3. The van der Waals surface area contributed by atoms with Crippen LogP contribution in [0.1, 0.15) is 59.4 Å². The first-order chi connectivity index (χ1) is 19.3. The molecular weight excluding hydrogens is 566 g/mol. The Morgan fingerprint density at radius 3 is 2.71 bits per heavy atom. The number of carbonyl (C=O) groups is 2. The largest absolute Gasteiger partial charge is 0.478 e. The predicted molar refractivity (Wildman–Crippen MR) is 155 cm³/mol. The lowest BCUT2D eigenvalue weighted by molar-refractivity contribution is -0.128. The summed E-state index contributed by atoms with van der Waals surface area (Å²) in [5, 5.41) is 18.9. The number of carbonyl (C=O) groups excluding carboxylic acids is 1. The van der Waals surface area contributed by atoms with Gasteiger partial charge in [0, 0.05) is 52.3 Å². The summed E-state index contributed by atoms with van der Waals surface area (Å²) in [6.07, 6.45) is 2.76. The molecule has 0 bridgehead atoms. The average Bonchev–Trinajstić information content (AvgIpc) is 3.37. The molecule has 3 aromatic carbocycles. The predicted octanol–water partition coefficient (Wildman–Crippen LogP) is 6.64. The van der Waals surface area contributed by atoms with E-state index >= 15 is 4.39 Å². The van der Waals surface area contributed by atoms with Gasteiger partial charge >= 0.3 is 5.97 Å². The number of carboxylic acid groups (broad SMARTS) is 1. The second-order valence-electron chi connectivity index (χ2n) is 11.3. The minimum absolute atomic E-state index is 0. The molecule has 3 aliphatic heterocycles. The number of benzene rings is 3. The Balaban J connectivity index is 0.00000276. The highest BCUT2D eigenvalue weighted by atomic mass is 35.5. The Hall–Kier alpha value is -3.46. The summed E-state index contributed by atoms with van der Waals surface area (Å²) in [6, 6.07) is 14.8. The van der Waals surface area contributed by atoms with Gasteiger partial charge in [-0.05, 0) is 54.7 Å². The van der Waals surface area contributed by atoms with Gasteiger partial charge in [0.2, 0.25) is 5.91 Å². The third-order valence-electron chi connectivity index (χ3n) is 9.23. The van der Waals surface area contributed by atoms with E-state index in [1.54, 1.807) is 42.5 Å². The number of carboxylic acids is 1. The first kappa shape index (κ1) is 26.4. The van der Waals surface area contributed by atoms with Crippen LogP contribution in [0.3, 0.4) is 0 Å². The molecule has 1 amide bonds. The highest BCUT2D eigenvalue weighted by Gasteiger charge is 2.69. The maximum Gasteiger partial charge on any atom is 0.335 e. The average molecular weight is 593 g/mol. The molecule has 0 radical (unpaired) electrons. The van der Waals surface area contributed by atoms with Crippen molar-refractivity contribution in [3.05, 3.63) is 92.8 Å². The number of amides is 1. The molecule has 4 aliphatic rings. The fourth-order valence-corrected chi connectivity index (χ4v) is 7.84. The number of hydrogen-bond acceptors (Lipinski definition) is 4. The van der Waals surface area contributed by atoms with Crippen molar-refractivity contribution in [1.82, 2.24) is 14.7 Å². The standard InChI is InChI=1S/C30H23Cl2FN4O3.CH4/c31-16-7-9-19-22(11-16)34-29(40)30(19)25(18-2-1-3-20(32)26(18)33)27-24(36(30)13-14-4-5-14)12-23-17-8-6-15(28(38)39)10-21(17)35-37(23)27;/h1-3,6-11,14,24-25,27H,4-5,12-13H2,(H,34,40)(H,38,39);1H4/t24-,25-,27+,30+;/m0./s1. The molecule has 2 fully saturated rings. The summed E-state index contributed by atoms with van der Waals surface area (Å²) in [7, 11) is 0. The first-order valence-electron chi connectivity index (χ1n) is 13.4. The van der Waals surface area contributed by atoms with Gasteiger partial charge in [-0.1, -0.05) is 54.9 Å². The number of nitrogens with zero attached hydrogens (tertiary/aromatic N) is 3. The van der Waals surface area contributed by atoms with Crippen LogP contribution in [-0.4, -0.2) is 44.3 Å². The molecule has 4 atom stereocenters. The van der Waals surface area contributed by atoms with Crippen molar-refractivity contribution in [2.75, 3.05) is 11.9 Å². The van der Waals surface area contributed by atoms with Crippen LogP contribution in [0.25, 0.3) is 10.9 Å². The molecule has 10 heteroatoms. The summed E-state index contributed by atoms with van der Waals surface area (Å²) < 4.78 is 18.0. The van der Waals surface area contributed by atoms with Gasteiger partial charge in [-0.15, -0.1) is 0 Å². The summed E-state index contributed by atoms with van der Waals surface area (Å²) in [5.74, 6) is -2.00. The number of likely N-dealkylation sites (tertiary alicyclic amines) is 1. The molecule has 1 saturated carbocycles. The van der Waals surface area contributed by atoms with Gasteiger partial charge in [0.05, 0.1) is 22.1 Å². The van der Waals surface area contributed by atoms with Gasteiger partial charge < -0.3 is 10.4 Å². The lowest BCUT2D eigenvalue weighted by Crippen LogP contribution is -2.53. The van der Waals surface area contributed by atoms with Gasteiger partial charge in [0.25, 0.3) is 0 Å².